The molecule has 0 bridgehead atoms. The van der Waals surface area contributed by atoms with E-state index in [-0.39, 0.29) is 11.7 Å². The van der Waals surface area contributed by atoms with Crippen molar-refractivity contribution in [2.45, 2.75) is 50.2 Å². The molecule has 1 amide bonds. The molecule has 1 aliphatic rings. The maximum absolute atomic E-state index is 12.3. The number of methoxy groups -OCH3 is 1. The Bertz CT molecular complexity index is 992. The molecule has 0 radical (unpaired) electrons. The SMILES string of the molecule is COc1ccc(-c2nnc(SCC(=O)Nc3cc(C)on3)n2C2CCCCC2)cc1. The molecule has 9 heteroatoms. The van der Waals surface area contributed by atoms with Crippen LogP contribution in [0.15, 0.2) is 40.0 Å². The van der Waals surface area contributed by atoms with Crippen molar-refractivity contribution < 1.29 is 14.1 Å². The Morgan fingerprint density at radius 2 is 2.00 bits per heavy atom. The highest BCUT2D eigenvalue weighted by Crippen LogP contribution is 2.36. The second-order valence-electron chi connectivity index (χ2n) is 7.36. The minimum absolute atomic E-state index is 0.155. The van der Waals surface area contributed by atoms with Crippen LogP contribution in [0.4, 0.5) is 5.82 Å². The largest absolute Gasteiger partial charge is 0.497 e. The number of rotatable bonds is 7. The van der Waals surface area contributed by atoms with Gasteiger partial charge >= 0.3 is 0 Å². The Balaban J connectivity index is 1.54. The van der Waals surface area contributed by atoms with Gasteiger partial charge in [-0.25, -0.2) is 0 Å². The predicted molar refractivity (Wildman–Crippen MR) is 115 cm³/mol. The first-order valence-electron chi connectivity index (χ1n) is 10.1. The molecule has 0 atom stereocenters. The Morgan fingerprint density at radius 1 is 1.23 bits per heavy atom. The maximum Gasteiger partial charge on any atom is 0.236 e. The molecule has 8 nitrogen and oxygen atoms in total. The highest BCUT2D eigenvalue weighted by Gasteiger charge is 2.24. The van der Waals surface area contributed by atoms with Crippen LogP contribution in [0.2, 0.25) is 0 Å². The van der Waals surface area contributed by atoms with Gasteiger partial charge < -0.3 is 14.6 Å². The van der Waals surface area contributed by atoms with Gasteiger partial charge in [-0.2, -0.15) is 0 Å². The third-order valence-corrected chi connectivity index (χ3v) is 6.12. The Morgan fingerprint density at radius 3 is 2.67 bits per heavy atom. The van der Waals surface area contributed by atoms with E-state index >= 15 is 0 Å². The summed E-state index contributed by atoms with van der Waals surface area (Å²) in [5.41, 5.74) is 0.989. The molecular weight excluding hydrogens is 402 g/mol. The zero-order chi connectivity index (χ0) is 20.9. The minimum Gasteiger partial charge on any atom is -0.497 e. The average Bonchev–Trinajstić information content (AvgIpc) is 3.39. The van der Waals surface area contributed by atoms with Crippen LogP contribution >= 0.6 is 11.8 Å². The highest BCUT2D eigenvalue weighted by atomic mass is 32.2. The van der Waals surface area contributed by atoms with Crippen LogP contribution in [0, 0.1) is 6.92 Å². The fourth-order valence-corrected chi connectivity index (χ4v) is 4.52. The van der Waals surface area contributed by atoms with Crippen LogP contribution in [0.1, 0.15) is 43.9 Å². The summed E-state index contributed by atoms with van der Waals surface area (Å²) in [5.74, 6) is 2.78. The van der Waals surface area contributed by atoms with Crippen molar-refractivity contribution in [1.82, 2.24) is 19.9 Å². The summed E-state index contributed by atoms with van der Waals surface area (Å²) in [4.78, 5) is 12.3. The van der Waals surface area contributed by atoms with Crippen LogP contribution in [-0.2, 0) is 4.79 Å². The molecule has 2 aromatic heterocycles. The number of carbonyl (C=O) groups is 1. The topological polar surface area (TPSA) is 95.1 Å². The molecule has 1 aliphatic carbocycles. The molecule has 1 N–H and O–H groups in total. The molecule has 0 saturated heterocycles. The fraction of sp³-hybridized carbons (Fsp3) is 0.429. The second-order valence-corrected chi connectivity index (χ2v) is 8.30. The molecule has 1 fully saturated rings. The molecule has 2 heterocycles. The lowest BCUT2D eigenvalue weighted by Crippen LogP contribution is -2.17. The molecule has 4 rings (SSSR count). The highest BCUT2D eigenvalue weighted by molar-refractivity contribution is 7.99. The number of ether oxygens (including phenoxy) is 1. The normalized spacial score (nSPS) is 14.6. The van der Waals surface area contributed by atoms with Gasteiger partial charge in [0.05, 0.1) is 12.9 Å². The third kappa shape index (κ3) is 4.67. The van der Waals surface area contributed by atoms with E-state index in [1.165, 1.54) is 31.0 Å². The van der Waals surface area contributed by atoms with E-state index in [0.717, 1.165) is 35.1 Å². The van der Waals surface area contributed by atoms with Crippen molar-refractivity contribution in [3.8, 4) is 17.1 Å². The number of nitrogens with one attached hydrogen (secondary N) is 1. The maximum atomic E-state index is 12.3. The number of nitrogens with zero attached hydrogens (tertiary/aromatic N) is 4. The second kappa shape index (κ2) is 9.34. The van der Waals surface area contributed by atoms with Gasteiger partial charge in [-0.15, -0.1) is 10.2 Å². The standard InChI is InChI=1S/C21H25N5O3S/c1-14-12-18(25-29-14)22-19(27)13-30-21-24-23-20(15-8-10-17(28-2)11-9-15)26(21)16-6-4-3-5-7-16/h8-12,16H,3-7,13H2,1-2H3,(H,22,25,27). The number of carbonyl (C=O) groups excluding carboxylic acids is 1. The summed E-state index contributed by atoms with van der Waals surface area (Å²) in [7, 11) is 1.65. The Labute approximate surface area is 179 Å². The Hall–Kier alpha value is -2.81. The molecule has 0 unspecified atom stereocenters. The van der Waals surface area contributed by atoms with Crippen LogP contribution in [0.25, 0.3) is 11.4 Å². The third-order valence-electron chi connectivity index (χ3n) is 5.18. The fourth-order valence-electron chi connectivity index (χ4n) is 3.72. The molecule has 1 aromatic carbocycles. The molecule has 0 spiro atoms. The van der Waals surface area contributed by atoms with Gasteiger partial charge in [0.15, 0.2) is 16.8 Å². The summed E-state index contributed by atoms with van der Waals surface area (Å²) in [5, 5.41) is 16.2. The first-order chi connectivity index (χ1) is 14.6. The van der Waals surface area contributed by atoms with E-state index in [1.807, 2.05) is 24.3 Å². The molecule has 1 saturated carbocycles. The zero-order valence-corrected chi connectivity index (χ0v) is 17.9. The molecule has 30 heavy (non-hydrogen) atoms. The number of hydrogen-bond acceptors (Lipinski definition) is 7. The lowest BCUT2D eigenvalue weighted by atomic mass is 9.95. The summed E-state index contributed by atoms with van der Waals surface area (Å²) >= 11 is 1.39. The van der Waals surface area contributed by atoms with Crippen LogP contribution in [0.5, 0.6) is 5.75 Å². The molecule has 3 aromatic rings. The van der Waals surface area contributed by atoms with Gasteiger partial charge in [0.1, 0.15) is 11.5 Å². The lowest BCUT2D eigenvalue weighted by molar-refractivity contribution is -0.113. The Kier molecular flexibility index (Phi) is 6.37. The van der Waals surface area contributed by atoms with Crippen LogP contribution in [-0.4, -0.2) is 38.7 Å². The first-order valence-corrected chi connectivity index (χ1v) is 11.1. The number of benzene rings is 1. The number of aryl methyl sites for hydroxylation is 1. The van der Waals surface area contributed by atoms with E-state index in [0.29, 0.717) is 17.6 Å². The summed E-state index contributed by atoms with van der Waals surface area (Å²) in [6, 6.07) is 9.88. The number of anilines is 1. The molecule has 0 aliphatic heterocycles. The van der Waals surface area contributed by atoms with E-state index in [4.69, 9.17) is 9.26 Å². The van der Waals surface area contributed by atoms with E-state index in [1.54, 1.807) is 20.1 Å². The summed E-state index contributed by atoms with van der Waals surface area (Å²) in [6.45, 7) is 1.78. The average molecular weight is 428 g/mol. The number of hydrogen-bond donors (Lipinski definition) is 1. The van der Waals surface area contributed by atoms with Crippen molar-refractivity contribution in [2.24, 2.45) is 0 Å². The van der Waals surface area contributed by atoms with Crippen molar-refractivity contribution in [2.75, 3.05) is 18.2 Å². The minimum atomic E-state index is -0.155. The van der Waals surface area contributed by atoms with Crippen molar-refractivity contribution >= 4 is 23.5 Å². The summed E-state index contributed by atoms with van der Waals surface area (Å²) < 4.78 is 12.5. The van der Waals surface area contributed by atoms with Gasteiger partial charge in [-0.05, 0) is 44.0 Å². The van der Waals surface area contributed by atoms with Gasteiger partial charge in [0, 0.05) is 17.7 Å². The quantitative estimate of drug-likeness (QED) is 0.555. The first kappa shape index (κ1) is 20.5. The number of aromatic nitrogens is 4. The van der Waals surface area contributed by atoms with Crippen molar-refractivity contribution in [1.29, 1.82) is 0 Å². The zero-order valence-electron chi connectivity index (χ0n) is 17.1. The monoisotopic (exact) mass is 427 g/mol. The molecule has 158 valence electrons. The summed E-state index contributed by atoms with van der Waals surface area (Å²) in [6.07, 6.45) is 5.85. The van der Waals surface area contributed by atoms with Crippen LogP contribution < -0.4 is 10.1 Å². The predicted octanol–water partition coefficient (Wildman–Crippen LogP) is 4.49. The lowest BCUT2D eigenvalue weighted by Gasteiger charge is -2.25. The smallest absolute Gasteiger partial charge is 0.236 e. The number of amides is 1. The van der Waals surface area contributed by atoms with Gasteiger partial charge in [-0.1, -0.05) is 36.2 Å². The van der Waals surface area contributed by atoms with E-state index < -0.39 is 0 Å². The van der Waals surface area contributed by atoms with Gasteiger partial charge in [-0.3, -0.25) is 9.36 Å². The van der Waals surface area contributed by atoms with Crippen LogP contribution in [0.3, 0.4) is 0 Å². The van der Waals surface area contributed by atoms with E-state index in [2.05, 4.69) is 25.2 Å². The number of thioether (sulfide) groups is 1. The van der Waals surface area contributed by atoms with Crippen molar-refractivity contribution in [3.05, 3.63) is 36.1 Å². The van der Waals surface area contributed by atoms with Crippen molar-refractivity contribution in [3.63, 3.8) is 0 Å². The van der Waals surface area contributed by atoms with E-state index in [9.17, 15) is 4.79 Å². The van der Waals surface area contributed by atoms with Gasteiger partial charge in [0.2, 0.25) is 5.91 Å². The molecular formula is C21H25N5O3S. The van der Waals surface area contributed by atoms with Gasteiger partial charge in [0.25, 0.3) is 0 Å².